The average molecular weight is 358 g/mol. The molecule has 0 atom stereocenters. The average Bonchev–Trinajstić information content (AvgIpc) is 3.01. The van der Waals surface area contributed by atoms with E-state index in [1.807, 2.05) is 14.0 Å². The molecule has 0 unspecified atom stereocenters. The van der Waals surface area contributed by atoms with E-state index in [1.54, 1.807) is 11.3 Å². The topological polar surface area (TPSA) is 61.8 Å². The van der Waals surface area contributed by atoms with Gasteiger partial charge in [0.25, 0.3) is 0 Å². The van der Waals surface area contributed by atoms with Gasteiger partial charge < -0.3 is 10.2 Å². The Kier molecular flexibility index (Phi) is 6.08. The van der Waals surface area contributed by atoms with E-state index in [2.05, 4.69) is 27.7 Å². The molecule has 7 heteroatoms. The quantitative estimate of drug-likeness (QED) is 0.571. The Labute approximate surface area is 143 Å². The molecular formula is C16H27N3O2S2. The monoisotopic (exact) mass is 357 g/mol. The minimum atomic E-state index is -2.94. The van der Waals surface area contributed by atoms with Crippen molar-refractivity contribution in [3.8, 4) is 0 Å². The molecule has 1 aromatic rings. The van der Waals surface area contributed by atoms with Crippen molar-refractivity contribution in [1.29, 1.82) is 0 Å². The molecule has 1 fully saturated rings. The number of nitrogens with one attached hydrogen (secondary N) is 1. The number of thiophene rings is 1. The van der Waals surface area contributed by atoms with Crippen LogP contribution in [0, 0.1) is 5.41 Å². The standard InChI is InChI=1S/C16H27N3O2S2/c1-4-17-15(19(2)10-7-14-6-5-11-22-14)18-12-16(8-9-16)13-23(3,20)21/h5-6,11H,4,7-10,12-13H2,1-3H3,(H,17,18). The van der Waals surface area contributed by atoms with Gasteiger partial charge in [0.05, 0.1) is 5.75 Å². The largest absolute Gasteiger partial charge is 0.357 e. The first kappa shape index (κ1) is 18.3. The van der Waals surface area contributed by atoms with E-state index in [-0.39, 0.29) is 11.2 Å². The van der Waals surface area contributed by atoms with Crippen molar-refractivity contribution in [2.45, 2.75) is 26.2 Å². The van der Waals surface area contributed by atoms with Crippen LogP contribution in [0.25, 0.3) is 0 Å². The van der Waals surface area contributed by atoms with Crippen LogP contribution in [0.3, 0.4) is 0 Å². The predicted octanol–water partition coefficient (Wildman–Crippen LogP) is 2.01. The summed E-state index contributed by atoms with van der Waals surface area (Å²) in [4.78, 5) is 8.19. The van der Waals surface area contributed by atoms with Gasteiger partial charge in [-0.15, -0.1) is 11.3 Å². The molecule has 0 radical (unpaired) electrons. The summed E-state index contributed by atoms with van der Waals surface area (Å²) in [5.41, 5.74) is -0.122. The van der Waals surface area contributed by atoms with Crippen LogP contribution in [-0.4, -0.2) is 58.0 Å². The maximum atomic E-state index is 11.6. The van der Waals surface area contributed by atoms with Gasteiger partial charge in [-0.25, -0.2) is 8.42 Å². The molecule has 0 saturated heterocycles. The van der Waals surface area contributed by atoms with Crippen LogP contribution < -0.4 is 5.32 Å². The highest BCUT2D eigenvalue weighted by atomic mass is 32.2. The van der Waals surface area contributed by atoms with E-state index >= 15 is 0 Å². The predicted molar refractivity (Wildman–Crippen MR) is 98.0 cm³/mol. The third-order valence-electron chi connectivity index (χ3n) is 4.06. The highest BCUT2D eigenvalue weighted by molar-refractivity contribution is 7.90. The summed E-state index contributed by atoms with van der Waals surface area (Å²) >= 11 is 1.77. The van der Waals surface area contributed by atoms with Crippen LogP contribution in [0.5, 0.6) is 0 Å². The first-order valence-corrected chi connectivity index (χ1v) is 11.0. The molecule has 0 bridgehead atoms. The van der Waals surface area contributed by atoms with Crippen LogP contribution in [0.15, 0.2) is 22.5 Å². The molecule has 1 N–H and O–H groups in total. The van der Waals surface area contributed by atoms with E-state index in [0.717, 1.165) is 38.3 Å². The molecule has 1 aliphatic rings. The van der Waals surface area contributed by atoms with Crippen molar-refractivity contribution >= 4 is 27.1 Å². The second-order valence-corrected chi connectivity index (χ2v) is 9.66. The summed E-state index contributed by atoms with van der Waals surface area (Å²) in [6.45, 7) is 4.34. The molecule has 2 rings (SSSR count). The van der Waals surface area contributed by atoms with Crippen molar-refractivity contribution in [1.82, 2.24) is 10.2 Å². The fourth-order valence-corrected chi connectivity index (χ4v) is 4.82. The Morgan fingerprint density at radius 2 is 2.22 bits per heavy atom. The fourth-order valence-electron chi connectivity index (χ4n) is 2.63. The molecule has 0 aromatic carbocycles. The Bertz CT molecular complexity index is 620. The van der Waals surface area contributed by atoms with Crippen LogP contribution in [0.2, 0.25) is 0 Å². The SMILES string of the molecule is CCNC(=NCC1(CS(C)(=O)=O)CC1)N(C)CCc1cccs1. The van der Waals surface area contributed by atoms with E-state index in [9.17, 15) is 8.42 Å². The third-order valence-corrected chi connectivity index (χ3v) is 6.13. The Hall–Kier alpha value is -1.08. The number of hydrogen-bond acceptors (Lipinski definition) is 4. The Morgan fingerprint density at radius 1 is 1.48 bits per heavy atom. The van der Waals surface area contributed by atoms with E-state index < -0.39 is 9.84 Å². The highest BCUT2D eigenvalue weighted by Crippen LogP contribution is 2.46. The van der Waals surface area contributed by atoms with Gasteiger partial charge in [-0.2, -0.15) is 0 Å². The summed E-state index contributed by atoms with van der Waals surface area (Å²) in [7, 11) is -0.909. The lowest BCUT2D eigenvalue weighted by Gasteiger charge is -2.23. The number of aliphatic imine (C=N–C) groups is 1. The highest BCUT2D eigenvalue weighted by Gasteiger charge is 2.45. The summed E-state index contributed by atoms with van der Waals surface area (Å²) in [5.74, 6) is 1.12. The summed E-state index contributed by atoms with van der Waals surface area (Å²) in [6, 6.07) is 4.22. The zero-order valence-corrected chi connectivity index (χ0v) is 15.8. The van der Waals surface area contributed by atoms with E-state index in [0.29, 0.717) is 6.54 Å². The molecule has 1 aromatic heterocycles. The first-order valence-electron chi connectivity index (χ1n) is 8.03. The van der Waals surface area contributed by atoms with Crippen molar-refractivity contribution in [2.24, 2.45) is 10.4 Å². The number of hydrogen-bond donors (Lipinski definition) is 1. The fraction of sp³-hybridized carbons (Fsp3) is 0.688. The second-order valence-electron chi connectivity index (χ2n) is 6.49. The zero-order valence-electron chi connectivity index (χ0n) is 14.2. The lowest BCUT2D eigenvalue weighted by molar-refractivity contribution is 0.479. The van der Waals surface area contributed by atoms with Crippen LogP contribution >= 0.6 is 11.3 Å². The molecule has 130 valence electrons. The lowest BCUT2D eigenvalue weighted by atomic mass is 10.1. The van der Waals surface area contributed by atoms with Gasteiger partial charge in [0.15, 0.2) is 5.96 Å². The maximum absolute atomic E-state index is 11.6. The number of sulfone groups is 1. The van der Waals surface area contributed by atoms with Gasteiger partial charge in [-0.05, 0) is 37.6 Å². The van der Waals surface area contributed by atoms with Crippen molar-refractivity contribution < 1.29 is 8.42 Å². The smallest absolute Gasteiger partial charge is 0.193 e. The minimum absolute atomic E-state index is 0.122. The lowest BCUT2D eigenvalue weighted by Crippen LogP contribution is -2.40. The van der Waals surface area contributed by atoms with Gasteiger partial charge in [0, 0.05) is 43.2 Å². The number of likely N-dealkylation sites (N-methyl/N-ethyl adjacent to an activating group) is 1. The maximum Gasteiger partial charge on any atom is 0.193 e. The molecule has 1 aliphatic carbocycles. The normalized spacial score (nSPS) is 17.1. The van der Waals surface area contributed by atoms with Gasteiger partial charge in [-0.3, -0.25) is 4.99 Å². The van der Waals surface area contributed by atoms with Crippen molar-refractivity contribution in [2.75, 3.05) is 38.7 Å². The van der Waals surface area contributed by atoms with Crippen molar-refractivity contribution in [3.63, 3.8) is 0 Å². The number of rotatable bonds is 8. The van der Waals surface area contributed by atoms with Crippen LogP contribution in [0.4, 0.5) is 0 Å². The van der Waals surface area contributed by atoms with Crippen LogP contribution in [0.1, 0.15) is 24.6 Å². The zero-order chi connectivity index (χ0) is 16.9. The first-order chi connectivity index (χ1) is 10.8. The number of nitrogens with zero attached hydrogens (tertiary/aromatic N) is 2. The van der Waals surface area contributed by atoms with Gasteiger partial charge in [0.2, 0.25) is 0 Å². The molecule has 1 heterocycles. The molecule has 23 heavy (non-hydrogen) atoms. The van der Waals surface area contributed by atoms with E-state index in [4.69, 9.17) is 4.99 Å². The van der Waals surface area contributed by atoms with Gasteiger partial charge in [0.1, 0.15) is 9.84 Å². The molecule has 0 amide bonds. The minimum Gasteiger partial charge on any atom is -0.357 e. The Balaban J connectivity index is 1.93. The third kappa shape index (κ3) is 6.14. The second kappa shape index (κ2) is 7.66. The van der Waals surface area contributed by atoms with Crippen LogP contribution in [-0.2, 0) is 16.3 Å². The molecular weight excluding hydrogens is 330 g/mol. The molecule has 5 nitrogen and oxygen atoms in total. The van der Waals surface area contributed by atoms with Crippen molar-refractivity contribution in [3.05, 3.63) is 22.4 Å². The molecule has 1 saturated carbocycles. The summed E-state index contributed by atoms with van der Waals surface area (Å²) < 4.78 is 23.1. The van der Waals surface area contributed by atoms with Gasteiger partial charge in [-0.1, -0.05) is 6.07 Å². The number of guanidine groups is 1. The molecule has 0 aliphatic heterocycles. The summed E-state index contributed by atoms with van der Waals surface area (Å²) in [5, 5.41) is 5.40. The Morgan fingerprint density at radius 3 is 2.74 bits per heavy atom. The van der Waals surface area contributed by atoms with E-state index in [1.165, 1.54) is 11.1 Å². The van der Waals surface area contributed by atoms with Gasteiger partial charge >= 0.3 is 0 Å². The summed E-state index contributed by atoms with van der Waals surface area (Å²) in [6.07, 6.45) is 4.23. The molecule has 0 spiro atoms.